The number of carboxylic acid groups (broad SMARTS) is 1. The topological polar surface area (TPSA) is 66.8 Å². The summed E-state index contributed by atoms with van der Waals surface area (Å²) in [6.07, 6.45) is -0.166. The van der Waals surface area contributed by atoms with Gasteiger partial charge in [-0.2, -0.15) is 0 Å². The number of aliphatic carboxylic acids is 1. The monoisotopic (exact) mass is 637 g/mol. The van der Waals surface area contributed by atoms with Gasteiger partial charge in [0.25, 0.3) is 5.91 Å². The number of hydrogen-bond donors (Lipinski definition) is 1. The minimum atomic E-state index is -1.03. The van der Waals surface area contributed by atoms with Crippen LogP contribution in [0.2, 0.25) is 10.0 Å². The number of rotatable bonds is 8. The zero-order chi connectivity index (χ0) is 25.8. The quantitative estimate of drug-likeness (QED) is 0.268. The van der Waals surface area contributed by atoms with Crippen molar-refractivity contribution in [2.45, 2.75) is 50.5 Å². The molecule has 0 radical (unpaired) electrons. The Morgan fingerprint density at radius 2 is 1.53 bits per heavy atom. The van der Waals surface area contributed by atoms with Gasteiger partial charge in [-0.3, -0.25) is 4.79 Å². The van der Waals surface area contributed by atoms with Gasteiger partial charge >= 0.3 is 5.97 Å². The standard InChI is InChI=1S/C28H26Cl2INO4/c1-2-3-23(28(34)35)32-25(18-6-10-20(29)11-7-18)26(19-8-12-21(30)13-9-19)36-24(27(32)33)16-17-4-14-22(31)15-5-17/h4-15,23-26H,2-3,16H2,1H3,(H,34,35)/t23-,24+,25-,26+/m1/s1. The predicted molar refractivity (Wildman–Crippen MR) is 149 cm³/mol. The van der Waals surface area contributed by atoms with Crippen molar-refractivity contribution in [1.29, 1.82) is 0 Å². The van der Waals surface area contributed by atoms with E-state index >= 15 is 0 Å². The molecule has 0 unspecified atom stereocenters. The molecule has 3 aromatic carbocycles. The van der Waals surface area contributed by atoms with E-state index in [2.05, 4.69) is 22.6 Å². The van der Waals surface area contributed by atoms with Crippen molar-refractivity contribution in [3.8, 4) is 0 Å². The third kappa shape index (κ3) is 6.05. The Labute approximate surface area is 234 Å². The maximum Gasteiger partial charge on any atom is 0.326 e. The van der Waals surface area contributed by atoms with Crippen LogP contribution in [0.4, 0.5) is 0 Å². The van der Waals surface area contributed by atoms with Crippen LogP contribution in [0, 0.1) is 3.57 Å². The van der Waals surface area contributed by atoms with Crippen LogP contribution < -0.4 is 0 Å². The van der Waals surface area contributed by atoms with Gasteiger partial charge in [0.2, 0.25) is 0 Å². The van der Waals surface area contributed by atoms with Gasteiger partial charge in [0.05, 0.1) is 6.04 Å². The molecule has 0 spiro atoms. The molecule has 1 amide bonds. The number of nitrogens with zero attached hydrogens (tertiary/aromatic N) is 1. The fraction of sp³-hybridized carbons (Fsp3) is 0.286. The van der Waals surface area contributed by atoms with Crippen LogP contribution in [0.3, 0.4) is 0 Å². The average Bonchev–Trinajstić information content (AvgIpc) is 2.86. The maximum absolute atomic E-state index is 14.0. The summed E-state index contributed by atoms with van der Waals surface area (Å²) in [5, 5.41) is 11.3. The molecule has 5 nitrogen and oxygen atoms in total. The van der Waals surface area contributed by atoms with Crippen molar-refractivity contribution in [2.24, 2.45) is 0 Å². The lowest BCUT2D eigenvalue weighted by Gasteiger charge is -2.47. The third-order valence-corrected chi connectivity index (χ3v) is 7.58. The summed E-state index contributed by atoms with van der Waals surface area (Å²) in [5.74, 6) is -1.37. The van der Waals surface area contributed by atoms with Crippen molar-refractivity contribution < 1.29 is 19.4 Å². The number of amides is 1. The number of benzene rings is 3. The molecule has 0 saturated carbocycles. The fourth-order valence-corrected chi connectivity index (χ4v) is 5.25. The van der Waals surface area contributed by atoms with Crippen molar-refractivity contribution in [3.63, 3.8) is 0 Å². The summed E-state index contributed by atoms with van der Waals surface area (Å²) >= 11 is 14.5. The van der Waals surface area contributed by atoms with Gasteiger partial charge in [-0.05, 0) is 82.1 Å². The summed E-state index contributed by atoms with van der Waals surface area (Å²) in [4.78, 5) is 28.0. The van der Waals surface area contributed by atoms with Crippen molar-refractivity contribution in [3.05, 3.63) is 103 Å². The summed E-state index contributed by atoms with van der Waals surface area (Å²) in [6, 6.07) is 20.6. The first-order chi connectivity index (χ1) is 17.3. The van der Waals surface area contributed by atoms with Gasteiger partial charge in [0, 0.05) is 20.0 Å². The lowest BCUT2D eigenvalue weighted by molar-refractivity contribution is -0.184. The lowest BCUT2D eigenvalue weighted by atomic mass is 9.88. The molecule has 1 fully saturated rings. The maximum atomic E-state index is 14.0. The first-order valence-corrected chi connectivity index (χ1v) is 13.6. The molecule has 1 aliphatic rings. The first kappa shape index (κ1) is 26.9. The lowest BCUT2D eigenvalue weighted by Crippen LogP contribution is -2.57. The highest BCUT2D eigenvalue weighted by Crippen LogP contribution is 2.44. The molecule has 0 aromatic heterocycles. The van der Waals surface area contributed by atoms with E-state index in [1.54, 1.807) is 24.3 Å². The molecule has 4 atom stereocenters. The molecule has 1 N–H and O–H groups in total. The van der Waals surface area contributed by atoms with E-state index in [4.69, 9.17) is 27.9 Å². The van der Waals surface area contributed by atoms with Gasteiger partial charge in [0.15, 0.2) is 0 Å². The van der Waals surface area contributed by atoms with Gasteiger partial charge < -0.3 is 14.7 Å². The van der Waals surface area contributed by atoms with E-state index in [-0.39, 0.29) is 5.91 Å². The molecule has 1 heterocycles. The number of halogens is 3. The van der Waals surface area contributed by atoms with Crippen LogP contribution in [0.15, 0.2) is 72.8 Å². The molecule has 1 saturated heterocycles. The van der Waals surface area contributed by atoms with E-state index in [1.807, 2.05) is 55.5 Å². The average molecular weight is 638 g/mol. The number of carbonyl (C=O) groups excluding carboxylic acids is 1. The SMILES string of the molecule is CCC[C@H](C(=O)O)N1C(=O)[C@H](Cc2ccc(I)cc2)O[C@@H](c2ccc(Cl)cc2)[C@H]1c1ccc(Cl)cc1. The highest BCUT2D eigenvalue weighted by atomic mass is 127. The molecule has 4 rings (SSSR count). The van der Waals surface area contributed by atoms with E-state index in [1.165, 1.54) is 4.90 Å². The third-order valence-electron chi connectivity index (χ3n) is 6.35. The minimum absolute atomic E-state index is 0.328. The van der Waals surface area contributed by atoms with Crippen LogP contribution in [-0.4, -0.2) is 34.0 Å². The molecule has 0 bridgehead atoms. The Kier molecular flexibility index (Phi) is 8.93. The van der Waals surface area contributed by atoms with Gasteiger partial charge in [-0.15, -0.1) is 0 Å². The number of ether oxygens (including phenoxy) is 1. The fourth-order valence-electron chi connectivity index (χ4n) is 4.64. The van der Waals surface area contributed by atoms with Crippen molar-refractivity contribution >= 4 is 57.7 Å². The van der Waals surface area contributed by atoms with Crippen LogP contribution in [0.25, 0.3) is 0 Å². The van der Waals surface area contributed by atoms with Gasteiger partial charge in [-0.25, -0.2) is 4.79 Å². The number of carbonyl (C=O) groups is 2. The van der Waals surface area contributed by atoms with E-state index in [0.717, 1.165) is 20.3 Å². The van der Waals surface area contributed by atoms with E-state index < -0.39 is 30.3 Å². The summed E-state index contributed by atoms with van der Waals surface area (Å²) in [7, 11) is 0. The van der Waals surface area contributed by atoms with E-state index in [0.29, 0.717) is 29.3 Å². The second kappa shape index (κ2) is 11.9. The van der Waals surface area contributed by atoms with Gasteiger partial charge in [-0.1, -0.05) is 72.9 Å². The second-order valence-electron chi connectivity index (χ2n) is 8.81. The predicted octanol–water partition coefficient (Wildman–Crippen LogP) is 7.10. The van der Waals surface area contributed by atoms with Crippen LogP contribution in [0.1, 0.15) is 48.6 Å². The molecule has 8 heteroatoms. The van der Waals surface area contributed by atoms with Crippen LogP contribution in [0.5, 0.6) is 0 Å². The normalized spacial score (nSPS) is 20.8. The van der Waals surface area contributed by atoms with E-state index in [9.17, 15) is 14.7 Å². The molecule has 36 heavy (non-hydrogen) atoms. The highest BCUT2D eigenvalue weighted by Gasteiger charge is 2.48. The summed E-state index contributed by atoms with van der Waals surface area (Å²) in [6.45, 7) is 1.91. The largest absolute Gasteiger partial charge is 0.480 e. The molecular formula is C28H26Cl2INO4. The molecule has 1 aliphatic heterocycles. The Morgan fingerprint density at radius 1 is 0.972 bits per heavy atom. The summed E-state index contributed by atoms with van der Waals surface area (Å²) in [5.41, 5.74) is 2.50. The Morgan fingerprint density at radius 3 is 2.06 bits per heavy atom. The highest BCUT2D eigenvalue weighted by molar-refractivity contribution is 14.1. The molecule has 3 aromatic rings. The molecular weight excluding hydrogens is 612 g/mol. The van der Waals surface area contributed by atoms with Crippen LogP contribution in [-0.2, 0) is 20.7 Å². The summed E-state index contributed by atoms with van der Waals surface area (Å²) < 4.78 is 7.62. The van der Waals surface area contributed by atoms with Crippen molar-refractivity contribution in [1.82, 2.24) is 4.90 Å². The zero-order valence-electron chi connectivity index (χ0n) is 19.6. The first-order valence-electron chi connectivity index (χ1n) is 11.7. The Hall–Kier alpha value is -2.13. The van der Waals surface area contributed by atoms with Crippen molar-refractivity contribution in [2.75, 3.05) is 0 Å². The minimum Gasteiger partial charge on any atom is -0.480 e. The number of carboxylic acids is 1. The smallest absolute Gasteiger partial charge is 0.326 e. The number of hydrogen-bond acceptors (Lipinski definition) is 3. The molecule has 188 valence electrons. The second-order valence-corrected chi connectivity index (χ2v) is 10.9. The zero-order valence-corrected chi connectivity index (χ0v) is 23.3. The Bertz CT molecular complexity index is 1200. The Balaban J connectivity index is 1.84. The molecule has 0 aliphatic carbocycles. The van der Waals surface area contributed by atoms with Gasteiger partial charge in [0.1, 0.15) is 18.2 Å². The van der Waals surface area contributed by atoms with Crippen LogP contribution >= 0.6 is 45.8 Å². The number of morpholine rings is 1.